The predicted molar refractivity (Wildman–Crippen MR) is 106 cm³/mol. The molecule has 1 atom stereocenters. The largest absolute Gasteiger partial charge is 0.481 e. The van der Waals surface area contributed by atoms with Crippen molar-refractivity contribution in [2.75, 3.05) is 19.0 Å². The number of hydrogen-bond acceptors (Lipinski definition) is 4. The maximum Gasteiger partial charge on any atom is 0.305 e. The van der Waals surface area contributed by atoms with E-state index < -0.39 is 17.4 Å². The zero-order chi connectivity index (χ0) is 20.7. The molecule has 0 spiro atoms. The molecule has 0 bridgehead atoms. The molecule has 2 aromatic rings. The Balaban J connectivity index is 2.20. The van der Waals surface area contributed by atoms with Crippen LogP contribution in [0.2, 0.25) is 0 Å². The topological polar surface area (TPSA) is 105 Å². The number of carbonyl (C=O) groups is 3. The van der Waals surface area contributed by atoms with E-state index in [0.717, 1.165) is 5.56 Å². The number of ether oxygens (including phenoxy) is 1. The summed E-state index contributed by atoms with van der Waals surface area (Å²) in [6.07, 6.45) is -0.282. The van der Waals surface area contributed by atoms with Crippen LogP contribution in [0.1, 0.15) is 39.6 Å². The summed E-state index contributed by atoms with van der Waals surface area (Å²) >= 11 is 0. The van der Waals surface area contributed by atoms with Crippen molar-refractivity contribution >= 4 is 23.5 Å². The highest BCUT2D eigenvalue weighted by Crippen LogP contribution is 2.19. The van der Waals surface area contributed by atoms with Gasteiger partial charge in [-0.2, -0.15) is 0 Å². The van der Waals surface area contributed by atoms with Crippen molar-refractivity contribution in [2.24, 2.45) is 0 Å². The Morgan fingerprint density at radius 3 is 2.32 bits per heavy atom. The first kappa shape index (κ1) is 21.1. The van der Waals surface area contributed by atoms with Gasteiger partial charge in [0.05, 0.1) is 18.6 Å². The standard InChI is InChI=1S/C21H24N2O5/c1-14-9-10-16(20(27)23-21(2,13-28-3)12-18(24)25)11-17(14)22-19(26)15-7-5-4-6-8-15/h4-11H,12-13H2,1-3H3,(H,22,26)(H,23,27)(H,24,25). The van der Waals surface area contributed by atoms with Crippen molar-refractivity contribution < 1.29 is 24.2 Å². The van der Waals surface area contributed by atoms with Gasteiger partial charge in [-0.3, -0.25) is 14.4 Å². The highest BCUT2D eigenvalue weighted by Gasteiger charge is 2.30. The van der Waals surface area contributed by atoms with E-state index in [1.165, 1.54) is 7.11 Å². The average Bonchev–Trinajstić information content (AvgIpc) is 2.63. The molecule has 2 aromatic carbocycles. The quantitative estimate of drug-likeness (QED) is 0.649. The zero-order valence-corrected chi connectivity index (χ0v) is 16.1. The summed E-state index contributed by atoms with van der Waals surface area (Å²) < 4.78 is 5.05. The monoisotopic (exact) mass is 384 g/mol. The van der Waals surface area contributed by atoms with Crippen molar-refractivity contribution in [3.63, 3.8) is 0 Å². The lowest BCUT2D eigenvalue weighted by Gasteiger charge is -2.28. The summed E-state index contributed by atoms with van der Waals surface area (Å²) in [4.78, 5) is 36.2. The fourth-order valence-electron chi connectivity index (χ4n) is 2.81. The second-order valence-electron chi connectivity index (χ2n) is 6.87. The van der Waals surface area contributed by atoms with E-state index in [4.69, 9.17) is 9.84 Å². The summed E-state index contributed by atoms with van der Waals surface area (Å²) in [5.74, 6) is -1.77. The van der Waals surface area contributed by atoms with Gasteiger partial charge < -0.3 is 20.5 Å². The average molecular weight is 384 g/mol. The number of carboxylic acids is 1. The summed E-state index contributed by atoms with van der Waals surface area (Å²) in [6.45, 7) is 3.48. The van der Waals surface area contributed by atoms with E-state index in [2.05, 4.69) is 10.6 Å². The number of rotatable bonds is 8. The maximum atomic E-state index is 12.7. The van der Waals surface area contributed by atoms with Crippen LogP contribution in [0.4, 0.5) is 5.69 Å². The molecule has 7 heteroatoms. The van der Waals surface area contributed by atoms with Crippen LogP contribution in [0, 0.1) is 6.92 Å². The Kier molecular flexibility index (Phi) is 6.89. The number of hydrogen-bond donors (Lipinski definition) is 3. The number of amides is 2. The summed E-state index contributed by atoms with van der Waals surface area (Å²) in [7, 11) is 1.44. The Labute approximate surface area is 163 Å². The number of benzene rings is 2. The van der Waals surface area contributed by atoms with Crippen molar-refractivity contribution in [3.8, 4) is 0 Å². The Morgan fingerprint density at radius 1 is 1.04 bits per heavy atom. The van der Waals surface area contributed by atoms with E-state index in [1.807, 2.05) is 13.0 Å². The molecule has 0 heterocycles. The molecular weight excluding hydrogens is 360 g/mol. The summed E-state index contributed by atoms with van der Waals surface area (Å²) in [6, 6.07) is 13.7. The molecule has 28 heavy (non-hydrogen) atoms. The molecule has 7 nitrogen and oxygen atoms in total. The highest BCUT2D eigenvalue weighted by molar-refractivity contribution is 6.05. The Hall–Kier alpha value is -3.19. The van der Waals surface area contributed by atoms with E-state index >= 15 is 0 Å². The smallest absolute Gasteiger partial charge is 0.305 e. The molecular formula is C21H24N2O5. The van der Waals surface area contributed by atoms with E-state index in [9.17, 15) is 14.4 Å². The molecule has 0 radical (unpaired) electrons. The first-order chi connectivity index (χ1) is 13.2. The van der Waals surface area contributed by atoms with Gasteiger partial charge in [-0.1, -0.05) is 24.3 Å². The lowest BCUT2D eigenvalue weighted by molar-refractivity contribution is -0.139. The number of aryl methyl sites for hydroxylation is 1. The second-order valence-corrected chi connectivity index (χ2v) is 6.87. The summed E-state index contributed by atoms with van der Waals surface area (Å²) in [5.41, 5.74) is 1.06. The number of aliphatic carboxylic acids is 1. The lowest BCUT2D eigenvalue weighted by atomic mass is 9.98. The van der Waals surface area contributed by atoms with E-state index in [-0.39, 0.29) is 18.9 Å². The van der Waals surface area contributed by atoms with Crippen LogP contribution in [0.5, 0.6) is 0 Å². The number of anilines is 1. The maximum absolute atomic E-state index is 12.7. The van der Waals surface area contributed by atoms with Crippen LogP contribution in [-0.4, -0.2) is 42.1 Å². The third kappa shape index (κ3) is 5.65. The highest BCUT2D eigenvalue weighted by atomic mass is 16.5. The molecule has 0 aliphatic carbocycles. The van der Waals surface area contributed by atoms with E-state index in [0.29, 0.717) is 16.8 Å². The minimum absolute atomic E-state index is 0.0501. The Morgan fingerprint density at radius 2 is 1.71 bits per heavy atom. The number of nitrogens with one attached hydrogen (secondary N) is 2. The molecule has 0 saturated heterocycles. The van der Waals surface area contributed by atoms with Gasteiger partial charge in [-0.25, -0.2) is 0 Å². The van der Waals surface area contributed by atoms with Crippen molar-refractivity contribution in [3.05, 3.63) is 65.2 Å². The van der Waals surface area contributed by atoms with Gasteiger partial charge in [0, 0.05) is 23.9 Å². The fraction of sp³-hybridized carbons (Fsp3) is 0.286. The first-order valence-electron chi connectivity index (χ1n) is 8.74. The molecule has 0 fully saturated rings. The minimum Gasteiger partial charge on any atom is -0.481 e. The van der Waals surface area contributed by atoms with Crippen LogP contribution >= 0.6 is 0 Å². The number of carboxylic acid groups (broad SMARTS) is 1. The third-order valence-electron chi connectivity index (χ3n) is 4.20. The fourth-order valence-corrected chi connectivity index (χ4v) is 2.81. The molecule has 148 valence electrons. The summed E-state index contributed by atoms with van der Waals surface area (Å²) in [5, 5.41) is 14.6. The van der Waals surface area contributed by atoms with Crippen LogP contribution in [-0.2, 0) is 9.53 Å². The molecule has 2 amide bonds. The zero-order valence-electron chi connectivity index (χ0n) is 16.1. The molecule has 3 N–H and O–H groups in total. The van der Waals surface area contributed by atoms with Gasteiger partial charge in [0.25, 0.3) is 11.8 Å². The molecule has 0 aromatic heterocycles. The first-order valence-corrected chi connectivity index (χ1v) is 8.74. The predicted octanol–water partition coefficient (Wildman–Crippen LogP) is 2.86. The van der Waals surface area contributed by atoms with Crippen LogP contribution in [0.25, 0.3) is 0 Å². The van der Waals surface area contributed by atoms with Gasteiger partial charge in [0.15, 0.2) is 0 Å². The normalized spacial score (nSPS) is 12.7. The van der Waals surface area contributed by atoms with Crippen LogP contribution < -0.4 is 10.6 Å². The van der Waals surface area contributed by atoms with Crippen molar-refractivity contribution in [1.82, 2.24) is 5.32 Å². The SMILES string of the molecule is COCC(C)(CC(=O)O)NC(=O)c1ccc(C)c(NC(=O)c2ccccc2)c1. The van der Waals surface area contributed by atoms with Gasteiger partial charge in [0.1, 0.15) is 0 Å². The van der Waals surface area contributed by atoms with Gasteiger partial charge >= 0.3 is 5.97 Å². The minimum atomic E-state index is -1.06. The van der Waals surface area contributed by atoms with Crippen LogP contribution in [0.3, 0.4) is 0 Å². The van der Waals surface area contributed by atoms with Gasteiger partial charge in [-0.05, 0) is 43.7 Å². The van der Waals surface area contributed by atoms with Crippen molar-refractivity contribution in [2.45, 2.75) is 25.8 Å². The molecule has 0 saturated carbocycles. The number of carbonyl (C=O) groups excluding carboxylic acids is 2. The van der Waals surface area contributed by atoms with Crippen molar-refractivity contribution in [1.29, 1.82) is 0 Å². The molecule has 2 rings (SSSR count). The molecule has 1 unspecified atom stereocenters. The lowest BCUT2D eigenvalue weighted by Crippen LogP contribution is -2.50. The van der Waals surface area contributed by atoms with Gasteiger partial charge in [0.2, 0.25) is 0 Å². The number of methoxy groups -OCH3 is 1. The third-order valence-corrected chi connectivity index (χ3v) is 4.20. The van der Waals surface area contributed by atoms with Crippen LogP contribution in [0.15, 0.2) is 48.5 Å². The molecule has 0 aliphatic heterocycles. The van der Waals surface area contributed by atoms with E-state index in [1.54, 1.807) is 49.4 Å². The molecule has 0 aliphatic rings. The van der Waals surface area contributed by atoms with Gasteiger partial charge in [-0.15, -0.1) is 0 Å². The Bertz CT molecular complexity index is 866. The second kappa shape index (κ2) is 9.14.